The highest BCUT2D eigenvalue weighted by molar-refractivity contribution is 4.91. The highest BCUT2D eigenvalue weighted by Gasteiger charge is 2.37. The second-order valence-corrected chi connectivity index (χ2v) is 7.21. The normalized spacial score (nSPS) is 21.8. The fraction of sp³-hybridized carbons (Fsp3) is 1.00. The number of hydrogen-bond donors (Lipinski definition) is 1. The van der Waals surface area contributed by atoms with Crippen molar-refractivity contribution in [2.45, 2.75) is 71.8 Å². The molecule has 1 atom stereocenters. The molecule has 18 heavy (non-hydrogen) atoms. The molecule has 0 amide bonds. The zero-order valence-electron chi connectivity index (χ0n) is 13.1. The van der Waals surface area contributed by atoms with Gasteiger partial charge in [0.25, 0.3) is 0 Å². The van der Waals surface area contributed by atoms with Crippen molar-refractivity contribution in [3.63, 3.8) is 0 Å². The fourth-order valence-corrected chi connectivity index (χ4v) is 3.14. The van der Waals surface area contributed by atoms with Gasteiger partial charge >= 0.3 is 0 Å². The molecule has 0 aromatic heterocycles. The quantitative estimate of drug-likeness (QED) is 0.774. The zero-order chi connectivity index (χ0) is 13.6. The van der Waals surface area contributed by atoms with Crippen molar-refractivity contribution in [3.05, 3.63) is 0 Å². The minimum atomic E-state index is 0.228. The Hall–Kier alpha value is -0.0800. The van der Waals surface area contributed by atoms with Gasteiger partial charge in [0.1, 0.15) is 0 Å². The fourth-order valence-electron chi connectivity index (χ4n) is 3.14. The predicted molar refractivity (Wildman–Crippen MR) is 78.9 cm³/mol. The van der Waals surface area contributed by atoms with Crippen molar-refractivity contribution < 1.29 is 4.74 Å². The third-order valence-electron chi connectivity index (χ3n) is 4.62. The Bertz CT molecular complexity index is 226. The summed E-state index contributed by atoms with van der Waals surface area (Å²) in [6, 6.07) is 0. The lowest BCUT2D eigenvalue weighted by Gasteiger charge is -2.44. The molecule has 1 unspecified atom stereocenters. The molecule has 108 valence electrons. The first-order valence-electron chi connectivity index (χ1n) is 7.64. The predicted octanol–water partition coefficient (Wildman–Crippen LogP) is 4.00. The summed E-state index contributed by atoms with van der Waals surface area (Å²) in [4.78, 5) is 0. The maximum Gasteiger partial charge on any atom is 0.0465 e. The molecule has 2 nitrogen and oxygen atoms in total. The van der Waals surface area contributed by atoms with Crippen LogP contribution in [0.15, 0.2) is 0 Å². The molecule has 1 N–H and O–H groups in total. The van der Waals surface area contributed by atoms with Crippen molar-refractivity contribution in [3.8, 4) is 0 Å². The summed E-state index contributed by atoms with van der Waals surface area (Å²) in [6.07, 6.45) is 8.21. The third-order valence-corrected chi connectivity index (χ3v) is 4.62. The lowest BCUT2D eigenvalue weighted by molar-refractivity contribution is 0.0677. The molecule has 0 aromatic rings. The monoisotopic (exact) mass is 255 g/mol. The average Bonchev–Trinajstić information content (AvgIpc) is 2.34. The van der Waals surface area contributed by atoms with Gasteiger partial charge in [0.2, 0.25) is 0 Å². The van der Waals surface area contributed by atoms with E-state index in [4.69, 9.17) is 4.74 Å². The second-order valence-electron chi connectivity index (χ2n) is 7.21. The van der Waals surface area contributed by atoms with Crippen LogP contribution in [0.5, 0.6) is 0 Å². The van der Waals surface area contributed by atoms with Gasteiger partial charge in [-0.15, -0.1) is 0 Å². The molecule has 0 radical (unpaired) electrons. The van der Waals surface area contributed by atoms with Crippen molar-refractivity contribution in [2.75, 3.05) is 20.3 Å². The van der Waals surface area contributed by atoms with Gasteiger partial charge in [-0.1, -0.05) is 26.2 Å². The van der Waals surface area contributed by atoms with Crippen LogP contribution in [0.3, 0.4) is 0 Å². The van der Waals surface area contributed by atoms with Crippen LogP contribution >= 0.6 is 0 Å². The molecule has 0 saturated heterocycles. The van der Waals surface area contributed by atoms with Gasteiger partial charge in [-0.3, -0.25) is 0 Å². The lowest BCUT2D eigenvalue weighted by Crippen LogP contribution is -2.47. The Balaban J connectivity index is 2.62. The first kappa shape index (κ1) is 16.0. The largest absolute Gasteiger partial charge is 0.385 e. The standard InChI is InChI=1S/C16H33NO/c1-14(9-12-18-5)16(10-7-6-8-11-16)13-17-15(2,3)4/h14,17H,6-13H2,1-5H3. The Labute approximate surface area is 114 Å². The van der Waals surface area contributed by atoms with Gasteiger partial charge in [-0.05, 0) is 51.4 Å². The number of hydrogen-bond acceptors (Lipinski definition) is 2. The Morgan fingerprint density at radius 2 is 1.78 bits per heavy atom. The van der Waals surface area contributed by atoms with E-state index in [-0.39, 0.29) is 5.54 Å². The summed E-state index contributed by atoms with van der Waals surface area (Å²) in [7, 11) is 1.81. The Kier molecular flexibility index (Phi) is 6.13. The summed E-state index contributed by atoms with van der Waals surface area (Å²) in [6.45, 7) is 11.3. The van der Waals surface area contributed by atoms with Crippen LogP contribution in [0, 0.1) is 11.3 Å². The van der Waals surface area contributed by atoms with Crippen LogP contribution in [0.25, 0.3) is 0 Å². The Morgan fingerprint density at radius 1 is 1.17 bits per heavy atom. The van der Waals surface area contributed by atoms with E-state index in [2.05, 4.69) is 33.0 Å². The molecule has 1 aliphatic carbocycles. The first-order valence-corrected chi connectivity index (χ1v) is 7.64. The summed E-state index contributed by atoms with van der Waals surface area (Å²) in [5.41, 5.74) is 0.732. The maximum atomic E-state index is 5.27. The van der Waals surface area contributed by atoms with Gasteiger partial charge in [0.15, 0.2) is 0 Å². The summed E-state index contributed by atoms with van der Waals surface area (Å²) in [5.74, 6) is 0.757. The zero-order valence-corrected chi connectivity index (χ0v) is 13.1. The van der Waals surface area contributed by atoms with Gasteiger partial charge in [-0.25, -0.2) is 0 Å². The molecular weight excluding hydrogens is 222 g/mol. The molecule has 1 saturated carbocycles. The Morgan fingerprint density at radius 3 is 2.28 bits per heavy atom. The number of ether oxygens (including phenoxy) is 1. The molecule has 1 fully saturated rings. The number of methoxy groups -OCH3 is 1. The van der Waals surface area contributed by atoms with E-state index in [0.29, 0.717) is 5.41 Å². The third kappa shape index (κ3) is 4.89. The van der Waals surface area contributed by atoms with Crippen LogP contribution in [0.2, 0.25) is 0 Å². The smallest absolute Gasteiger partial charge is 0.0465 e. The topological polar surface area (TPSA) is 21.3 Å². The van der Waals surface area contributed by atoms with Gasteiger partial charge in [0.05, 0.1) is 0 Å². The lowest BCUT2D eigenvalue weighted by atomic mass is 9.65. The molecule has 1 rings (SSSR count). The molecule has 2 heteroatoms. The summed E-state index contributed by atoms with van der Waals surface area (Å²) >= 11 is 0. The average molecular weight is 255 g/mol. The number of nitrogens with one attached hydrogen (secondary N) is 1. The molecular formula is C16H33NO. The van der Waals surface area contributed by atoms with Crippen LogP contribution in [0.4, 0.5) is 0 Å². The van der Waals surface area contributed by atoms with Crippen LogP contribution in [-0.4, -0.2) is 25.8 Å². The minimum absolute atomic E-state index is 0.228. The van der Waals surface area contributed by atoms with E-state index in [0.717, 1.165) is 12.5 Å². The van der Waals surface area contributed by atoms with E-state index in [9.17, 15) is 0 Å². The first-order chi connectivity index (χ1) is 8.40. The molecule has 0 spiro atoms. The summed E-state index contributed by atoms with van der Waals surface area (Å²) < 4.78 is 5.27. The number of rotatable bonds is 6. The van der Waals surface area contributed by atoms with E-state index in [1.54, 1.807) is 0 Å². The van der Waals surface area contributed by atoms with Crippen LogP contribution in [0.1, 0.15) is 66.2 Å². The van der Waals surface area contributed by atoms with Gasteiger partial charge in [0, 0.05) is 25.8 Å². The highest BCUT2D eigenvalue weighted by atomic mass is 16.5. The van der Waals surface area contributed by atoms with Gasteiger partial charge < -0.3 is 10.1 Å². The van der Waals surface area contributed by atoms with E-state index < -0.39 is 0 Å². The van der Waals surface area contributed by atoms with Crippen molar-refractivity contribution in [1.82, 2.24) is 5.32 Å². The van der Waals surface area contributed by atoms with Crippen molar-refractivity contribution >= 4 is 0 Å². The van der Waals surface area contributed by atoms with Crippen molar-refractivity contribution in [1.29, 1.82) is 0 Å². The van der Waals surface area contributed by atoms with E-state index in [1.807, 2.05) is 7.11 Å². The molecule has 0 bridgehead atoms. The highest BCUT2D eigenvalue weighted by Crippen LogP contribution is 2.43. The van der Waals surface area contributed by atoms with Crippen LogP contribution in [-0.2, 0) is 4.74 Å². The van der Waals surface area contributed by atoms with Crippen molar-refractivity contribution in [2.24, 2.45) is 11.3 Å². The van der Waals surface area contributed by atoms with Gasteiger partial charge in [-0.2, -0.15) is 0 Å². The molecule has 0 aromatic carbocycles. The molecule has 1 aliphatic rings. The molecule has 0 heterocycles. The summed E-state index contributed by atoms with van der Waals surface area (Å²) in [5, 5.41) is 3.75. The SMILES string of the molecule is COCCC(C)C1(CNC(C)(C)C)CCCCC1. The van der Waals surface area contributed by atoms with E-state index in [1.165, 1.54) is 45.1 Å². The molecule has 0 aliphatic heterocycles. The maximum absolute atomic E-state index is 5.27. The van der Waals surface area contributed by atoms with E-state index >= 15 is 0 Å². The van der Waals surface area contributed by atoms with Crippen LogP contribution < -0.4 is 5.32 Å². The minimum Gasteiger partial charge on any atom is -0.385 e. The second kappa shape index (κ2) is 6.91.